The van der Waals surface area contributed by atoms with Crippen molar-refractivity contribution in [2.45, 2.75) is 50.7 Å². The van der Waals surface area contributed by atoms with Crippen LogP contribution in [0.4, 0.5) is 5.69 Å². The minimum absolute atomic E-state index is 0.158. The molecule has 1 amide bonds. The highest BCUT2D eigenvalue weighted by molar-refractivity contribution is 7.99. The zero-order chi connectivity index (χ0) is 21.3. The Morgan fingerprint density at radius 1 is 1.17 bits per heavy atom. The zero-order valence-electron chi connectivity index (χ0n) is 17.9. The molecule has 1 heterocycles. The van der Waals surface area contributed by atoms with Gasteiger partial charge >= 0.3 is 0 Å². The fraction of sp³-hybridized carbons (Fsp3) is 0.480. The van der Waals surface area contributed by atoms with Crippen molar-refractivity contribution in [3.8, 4) is 0 Å². The molecule has 2 fully saturated rings. The van der Waals surface area contributed by atoms with Crippen molar-refractivity contribution >= 4 is 35.0 Å². The summed E-state index contributed by atoms with van der Waals surface area (Å²) in [6.45, 7) is 6.24. The van der Waals surface area contributed by atoms with Crippen LogP contribution in [0.1, 0.15) is 59.1 Å². The van der Waals surface area contributed by atoms with Gasteiger partial charge in [-0.15, -0.1) is 0 Å². The second-order valence-electron chi connectivity index (χ2n) is 8.74. The largest absolute Gasteiger partial charge is 0.369 e. The number of hydrogen-bond acceptors (Lipinski definition) is 3. The standard InChI is InChI=1S/C25H31ClN2OS/c1-16-13-19(14-17(2)23(16)24(25(27)29)18-7-3-4-8-18)28-11-12-30-22(15-28)20-9-5-6-10-21(20)26/h5-6,9-10,13-14,18,22,24H,3-4,7-8,11-12,15H2,1-2H3,(H2,27,29). The van der Waals surface area contributed by atoms with E-state index in [-0.39, 0.29) is 11.8 Å². The summed E-state index contributed by atoms with van der Waals surface area (Å²) in [5, 5.41) is 1.21. The molecule has 0 bridgehead atoms. The predicted octanol–water partition coefficient (Wildman–Crippen LogP) is 6.01. The van der Waals surface area contributed by atoms with Gasteiger partial charge in [0.25, 0.3) is 0 Å². The monoisotopic (exact) mass is 442 g/mol. The third-order valence-corrected chi connectivity index (χ3v) is 8.32. The van der Waals surface area contributed by atoms with Gasteiger partial charge in [-0.1, -0.05) is 42.6 Å². The molecule has 1 saturated heterocycles. The molecule has 5 heteroatoms. The Morgan fingerprint density at radius 2 is 1.83 bits per heavy atom. The first-order chi connectivity index (χ1) is 14.5. The number of thioether (sulfide) groups is 1. The molecule has 30 heavy (non-hydrogen) atoms. The number of aryl methyl sites for hydroxylation is 2. The summed E-state index contributed by atoms with van der Waals surface area (Å²) in [4.78, 5) is 14.9. The van der Waals surface area contributed by atoms with E-state index in [0.717, 1.165) is 42.3 Å². The maximum Gasteiger partial charge on any atom is 0.225 e. The Kier molecular flexibility index (Phi) is 6.64. The third kappa shape index (κ3) is 4.36. The smallest absolute Gasteiger partial charge is 0.225 e. The highest BCUT2D eigenvalue weighted by atomic mass is 35.5. The molecule has 2 N–H and O–H groups in total. The maximum atomic E-state index is 12.4. The first kappa shape index (κ1) is 21.6. The number of carbonyl (C=O) groups excluding carboxylic acids is 1. The first-order valence-electron chi connectivity index (χ1n) is 11.0. The van der Waals surface area contributed by atoms with Crippen LogP contribution in [0.15, 0.2) is 36.4 Å². The summed E-state index contributed by atoms with van der Waals surface area (Å²) < 4.78 is 0. The van der Waals surface area contributed by atoms with E-state index >= 15 is 0 Å². The molecule has 3 nitrogen and oxygen atoms in total. The minimum Gasteiger partial charge on any atom is -0.369 e. The summed E-state index contributed by atoms with van der Waals surface area (Å²) >= 11 is 8.45. The van der Waals surface area contributed by atoms with Crippen molar-refractivity contribution in [1.82, 2.24) is 0 Å². The normalized spacial score (nSPS) is 21.0. The van der Waals surface area contributed by atoms with E-state index in [1.54, 1.807) is 0 Å². The average molecular weight is 443 g/mol. The van der Waals surface area contributed by atoms with Gasteiger partial charge in [0.2, 0.25) is 5.91 Å². The van der Waals surface area contributed by atoms with E-state index in [1.165, 1.54) is 35.2 Å². The molecule has 1 saturated carbocycles. The Hall–Kier alpha value is -1.65. The lowest BCUT2D eigenvalue weighted by molar-refractivity contribution is -0.120. The van der Waals surface area contributed by atoms with Gasteiger partial charge in [-0.2, -0.15) is 11.8 Å². The van der Waals surface area contributed by atoms with Gasteiger partial charge in [0.05, 0.1) is 5.92 Å². The number of halogens is 1. The highest BCUT2D eigenvalue weighted by Gasteiger charge is 2.33. The summed E-state index contributed by atoms with van der Waals surface area (Å²) in [7, 11) is 0. The van der Waals surface area contributed by atoms with Crippen molar-refractivity contribution in [1.29, 1.82) is 0 Å². The molecule has 4 rings (SSSR count). The van der Waals surface area contributed by atoms with E-state index in [4.69, 9.17) is 17.3 Å². The quantitative estimate of drug-likeness (QED) is 0.616. The van der Waals surface area contributed by atoms with Crippen LogP contribution in [0.25, 0.3) is 0 Å². The van der Waals surface area contributed by atoms with E-state index < -0.39 is 0 Å². The van der Waals surface area contributed by atoms with Crippen molar-refractivity contribution in [3.63, 3.8) is 0 Å². The van der Waals surface area contributed by atoms with E-state index in [0.29, 0.717) is 11.2 Å². The molecule has 0 spiro atoms. The molecule has 1 aliphatic carbocycles. The van der Waals surface area contributed by atoms with Gasteiger partial charge in [-0.25, -0.2) is 0 Å². The molecule has 2 unspecified atom stereocenters. The Bertz CT molecular complexity index is 902. The number of benzene rings is 2. The van der Waals surface area contributed by atoms with Gasteiger partial charge in [0.1, 0.15) is 0 Å². The minimum atomic E-state index is -0.172. The van der Waals surface area contributed by atoms with Crippen LogP contribution in [0.3, 0.4) is 0 Å². The molecule has 2 aliphatic rings. The number of primary amides is 1. The Morgan fingerprint density at radius 3 is 2.47 bits per heavy atom. The van der Waals surface area contributed by atoms with Crippen LogP contribution >= 0.6 is 23.4 Å². The van der Waals surface area contributed by atoms with Gasteiger partial charge in [-0.05, 0) is 73.1 Å². The molecular formula is C25H31ClN2OS. The highest BCUT2D eigenvalue weighted by Crippen LogP contribution is 2.42. The average Bonchev–Trinajstić information content (AvgIpc) is 3.25. The zero-order valence-corrected chi connectivity index (χ0v) is 19.4. The van der Waals surface area contributed by atoms with E-state index in [2.05, 4.69) is 43.0 Å². The molecular weight excluding hydrogens is 412 g/mol. The van der Waals surface area contributed by atoms with Crippen LogP contribution in [-0.4, -0.2) is 24.7 Å². The summed E-state index contributed by atoms with van der Waals surface area (Å²) in [6, 6.07) is 12.7. The number of nitrogens with two attached hydrogens (primary N) is 1. The lowest BCUT2D eigenvalue weighted by Crippen LogP contribution is -2.35. The Labute approximate surface area is 189 Å². The van der Waals surface area contributed by atoms with Crippen LogP contribution in [0.2, 0.25) is 5.02 Å². The van der Waals surface area contributed by atoms with E-state index in [9.17, 15) is 4.79 Å². The lowest BCUT2D eigenvalue weighted by Gasteiger charge is -2.35. The van der Waals surface area contributed by atoms with Crippen LogP contribution in [0.5, 0.6) is 0 Å². The maximum absolute atomic E-state index is 12.4. The van der Waals surface area contributed by atoms with Crippen molar-refractivity contribution in [2.75, 3.05) is 23.7 Å². The molecule has 0 aromatic heterocycles. The molecule has 0 radical (unpaired) electrons. The molecule has 2 aromatic rings. The summed E-state index contributed by atoms with van der Waals surface area (Å²) in [5.74, 6) is 1.13. The molecule has 2 aromatic carbocycles. The van der Waals surface area contributed by atoms with Crippen molar-refractivity contribution < 1.29 is 4.79 Å². The van der Waals surface area contributed by atoms with Gasteiger partial charge in [0.15, 0.2) is 0 Å². The van der Waals surface area contributed by atoms with E-state index in [1.807, 2.05) is 23.9 Å². The second-order valence-corrected chi connectivity index (χ2v) is 10.5. The van der Waals surface area contributed by atoms with Gasteiger partial charge < -0.3 is 10.6 Å². The van der Waals surface area contributed by atoms with Gasteiger partial charge in [0, 0.05) is 34.8 Å². The van der Waals surface area contributed by atoms with Crippen molar-refractivity contribution in [3.05, 3.63) is 63.7 Å². The molecule has 2 atom stereocenters. The van der Waals surface area contributed by atoms with Crippen LogP contribution in [-0.2, 0) is 4.79 Å². The number of anilines is 1. The fourth-order valence-corrected chi connectivity index (χ4v) is 6.95. The Balaban J connectivity index is 1.61. The SMILES string of the molecule is Cc1cc(N2CCSC(c3ccccc3Cl)C2)cc(C)c1C(C(N)=O)C1CCCC1. The van der Waals surface area contributed by atoms with Crippen LogP contribution < -0.4 is 10.6 Å². The fourth-order valence-electron chi connectivity index (χ4n) is 5.33. The van der Waals surface area contributed by atoms with Crippen LogP contribution in [0, 0.1) is 19.8 Å². The number of amides is 1. The predicted molar refractivity (Wildman–Crippen MR) is 129 cm³/mol. The topological polar surface area (TPSA) is 46.3 Å². The second kappa shape index (κ2) is 9.23. The summed E-state index contributed by atoms with van der Waals surface area (Å²) in [6.07, 6.45) is 4.63. The molecule has 1 aliphatic heterocycles. The number of nitrogens with zero attached hydrogens (tertiary/aromatic N) is 1. The number of carbonyl (C=O) groups is 1. The number of hydrogen-bond donors (Lipinski definition) is 1. The molecule has 160 valence electrons. The first-order valence-corrected chi connectivity index (χ1v) is 12.4. The van der Waals surface area contributed by atoms with Crippen molar-refractivity contribution in [2.24, 2.45) is 11.7 Å². The lowest BCUT2D eigenvalue weighted by atomic mass is 9.80. The third-order valence-electron chi connectivity index (χ3n) is 6.75. The summed E-state index contributed by atoms with van der Waals surface area (Å²) in [5.41, 5.74) is 11.9. The number of rotatable bonds is 5. The van der Waals surface area contributed by atoms with Gasteiger partial charge in [-0.3, -0.25) is 4.79 Å².